The fourth-order valence-electron chi connectivity index (χ4n) is 12.7. The number of fused-ring (bicyclic) bond motifs is 6. The third-order valence-corrected chi connectivity index (χ3v) is 27.0. The van der Waals surface area contributed by atoms with Crippen LogP contribution in [0, 0.1) is 17.2 Å². The normalized spacial score (nSPS) is 13.4. The minimum absolute atomic E-state index is 0.00429. The molecule has 0 radical (unpaired) electrons. The smallest absolute Gasteiger partial charge is 0.373 e. The van der Waals surface area contributed by atoms with E-state index in [2.05, 4.69) is 102 Å². The second-order valence-electron chi connectivity index (χ2n) is 29.3. The molecule has 10 rings (SSSR count). The van der Waals surface area contributed by atoms with Crippen molar-refractivity contribution in [3.05, 3.63) is 159 Å². The van der Waals surface area contributed by atoms with Gasteiger partial charge in [-0.15, -0.1) is 11.6 Å². The van der Waals surface area contributed by atoms with Crippen molar-refractivity contribution in [3.63, 3.8) is 0 Å². The van der Waals surface area contributed by atoms with Gasteiger partial charge in [0.05, 0.1) is 54.2 Å². The standard InChI is InChI=1S/C78H90ClN15O14S2Si.2CO2/c1-42(87-66(99)14-10-24-83-71(102)45-17-19-51(20-18-45)85-38-52-39-86-70-69(88-52)73(104)93-77(82)92-70)62(96)33-46(11-9-25-84-76(80)81)72(103)91-59(35-67(100)101)64(98)34-49(75(106)107)41-110-109-26-23-53(95)29-43-15-21-56-47(27-43)31-58(89-56)63(97)30-44-16-22-57-48(28-44)32-60(90-57)74(105)94-40-50(37-79)68-55-13-8-7-12-54(55)65(36-61(68)94)108-111(5,6)78(2,3)4;2*2-1-3/h7-8,12-13,15-22,27-28,31-32,36,39,42,46,49-50,59,85,89-90H,9-11,14,23-26,29-30,33-35,37-38,40-41H2,1-6H3,(H,83,102)(H,87,99)(H,91,103)(H,100,101)(H,106,107)(H4,80,81,84)(H3,82,86,92,93,104);;/t42-,46+,49-,50?,59-;;/m0../s1. The maximum Gasteiger partial charge on any atom is 0.373 e. The number of nitrogens with one attached hydrogen (secondary N) is 9. The number of hydrogen-bond acceptors (Lipinski definition) is 24. The Balaban J connectivity index is 0.00000276. The van der Waals surface area contributed by atoms with E-state index in [4.69, 9.17) is 52.1 Å². The average Bonchev–Trinajstić information content (AvgIpc) is 1.61. The predicted octanol–water partition coefficient (Wildman–Crippen LogP) is 8.70. The summed E-state index contributed by atoms with van der Waals surface area (Å²) < 4.78 is 6.92. The van der Waals surface area contributed by atoms with Crippen LogP contribution in [0.15, 0.2) is 114 Å². The Morgan fingerprint density at radius 1 is 0.761 bits per heavy atom. The SMILES string of the molecule is C[C@H](NC(=O)CCCNC(=O)c1ccc(NCc2cnc3nc(N)[nH]c(=O)c3n2)cc1)C(=O)C[C@@H](CCCNC(=N)N)C(=O)N[C@@H](CC(=O)O)C(=O)C[C@@H](CSSCCC(=O)Cc1ccc2[nH]c(C(=O)Cc3ccc4[nH]c(C(=O)N5CC(CCl)c6c5cc(O[Si](C)(C)C(C)(C)C)c5ccccc65)cc4c3)cc2c1)C(=O)O.O=C=O.O=C=O. The highest BCUT2D eigenvalue weighted by atomic mass is 35.5. The number of Topliss-reactive ketones (excluding diaryl/α,β-unsaturated/α-hetero) is 4. The molecule has 0 fully saturated rings. The van der Waals surface area contributed by atoms with Crippen LogP contribution in [0.3, 0.4) is 0 Å². The van der Waals surface area contributed by atoms with Crippen LogP contribution in [0.5, 0.6) is 5.75 Å². The second kappa shape index (κ2) is 41.9. The molecule has 0 aliphatic carbocycles. The molecule has 1 aliphatic rings. The number of aromatic amines is 3. The van der Waals surface area contributed by atoms with Crippen molar-refractivity contribution < 1.29 is 81.8 Å². The second-order valence-corrected chi connectivity index (χ2v) is 37.0. The van der Waals surface area contributed by atoms with Crippen molar-refractivity contribution in [3.8, 4) is 5.75 Å². The van der Waals surface area contributed by atoms with Crippen molar-refractivity contribution >= 4 is 180 Å². The number of carboxylic acids is 2. The first-order valence-electron chi connectivity index (χ1n) is 37.1. The van der Waals surface area contributed by atoms with Crippen molar-refractivity contribution in [2.24, 2.45) is 17.6 Å². The van der Waals surface area contributed by atoms with Gasteiger partial charge in [-0.1, -0.05) is 78.8 Å². The summed E-state index contributed by atoms with van der Waals surface area (Å²) in [7, 11) is 0.0573. The number of ketones is 4. The molecule has 1 aliphatic heterocycles. The van der Waals surface area contributed by atoms with E-state index in [0.29, 0.717) is 57.6 Å². The number of nitrogen functional groups attached to an aromatic ring is 1. The quantitative estimate of drug-likeness (QED) is 0.00325. The van der Waals surface area contributed by atoms with E-state index >= 15 is 0 Å². The molecule has 117 heavy (non-hydrogen) atoms. The number of carbonyl (C=O) groups excluding carboxylic acids is 12. The molecular formula is C80H90ClN15O18S2Si. The largest absolute Gasteiger partial charge is 0.543 e. The molecule has 4 amide bonds. The first-order valence-corrected chi connectivity index (χ1v) is 43.0. The van der Waals surface area contributed by atoms with Crippen LogP contribution in [0.4, 0.5) is 17.3 Å². The Morgan fingerprint density at radius 3 is 2.03 bits per heavy atom. The van der Waals surface area contributed by atoms with Gasteiger partial charge in [-0.05, 0) is 127 Å². The summed E-state index contributed by atoms with van der Waals surface area (Å²) in [6.07, 6.45) is 0.534. The number of nitrogens with zero attached hydrogens (tertiary/aromatic N) is 4. The number of H-pyrrole nitrogens is 3. The van der Waals surface area contributed by atoms with Gasteiger partial charge >= 0.3 is 24.2 Å². The van der Waals surface area contributed by atoms with Gasteiger partial charge in [0.1, 0.15) is 17.2 Å². The van der Waals surface area contributed by atoms with Gasteiger partial charge in [0.2, 0.25) is 17.8 Å². The molecular weight excluding hydrogens is 1590 g/mol. The van der Waals surface area contributed by atoms with Crippen LogP contribution in [0.25, 0.3) is 43.7 Å². The molecule has 15 N–H and O–H groups in total. The number of benzene rings is 5. The van der Waals surface area contributed by atoms with Crippen molar-refractivity contribution in [1.29, 1.82) is 5.41 Å². The molecule has 0 saturated heterocycles. The van der Waals surface area contributed by atoms with Gasteiger partial charge in [-0.3, -0.25) is 63.1 Å². The van der Waals surface area contributed by atoms with Gasteiger partial charge in [0.25, 0.3) is 25.7 Å². The molecule has 5 atom stereocenters. The number of aromatic nitrogens is 6. The lowest BCUT2D eigenvalue weighted by atomic mass is 9.92. The Hall–Kier alpha value is -12.2. The van der Waals surface area contributed by atoms with Gasteiger partial charge < -0.3 is 67.6 Å². The minimum Gasteiger partial charge on any atom is -0.543 e. The number of rotatable bonds is 39. The first-order chi connectivity index (χ1) is 55.6. The van der Waals surface area contributed by atoms with Gasteiger partial charge in [-0.25, -0.2) is 9.97 Å². The van der Waals surface area contributed by atoms with Gasteiger partial charge in [-0.2, -0.15) is 24.2 Å². The first kappa shape index (κ1) is 90.3. The summed E-state index contributed by atoms with van der Waals surface area (Å²) in [5, 5.41) is 44.5. The zero-order valence-corrected chi connectivity index (χ0v) is 68.3. The molecule has 5 heterocycles. The lowest BCUT2D eigenvalue weighted by Crippen LogP contribution is -2.47. The number of nitrogens with two attached hydrogens (primary N) is 2. The highest BCUT2D eigenvalue weighted by Gasteiger charge is 2.42. The summed E-state index contributed by atoms with van der Waals surface area (Å²) in [5.74, 6) is -8.27. The number of halogens is 1. The monoisotopic (exact) mass is 1680 g/mol. The zero-order chi connectivity index (χ0) is 85.4. The summed E-state index contributed by atoms with van der Waals surface area (Å²) in [6.45, 7) is 13.2. The number of alkyl halides is 1. The third kappa shape index (κ3) is 25.2. The summed E-state index contributed by atoms with van der Waals surface area (Å²) >= 11 is 6.63. The maximum absolute atomic E-state index is 14.6. The van der Waals surface area contributed by atoms with Gasteiger partial charge in [0, 0.05) is 132 Å². The van der Waals surface area contributed by atoms with Crippen LogP contribution in [-0.4, -0.2) is 175 Å². The predicted molar refractivity (Wildman–Crippen MR) is 442 cm³/mol. The van der Waals surface area contributed by atoms with Crippen molar-refractivity contribution in [1.82, 2.24) is 51.2 Å². The van der Waals surface area contributed by atoms with Gasteiger partial charge in [0.15, 0.2) is 34.5 Å². The molecule has 4 aromatic heterocycles. The zero-order valence-electron chi connectivity index (χ0n) is 64.9. The fraction of sp³-hybridized carbons (Fsp3) is 0.362. The van der Waals surface area contributed by atoms with E-state index in [1.54, 1.807) is 47.4 Å². The van der Waals surface area contributed by atoms with E-state index < -0.39 is 98.3 Å². The van der Waals surface area contributed by atoms with Crippen LogP contribution in [0.1, 0.15) is 139 Å². The topological polar surface area (TPSA) is 531 Å². The Kier molecular flexibility index (Phi) is 32.4. The number of amides is 4. The molecule has 616 valence electrons. The van der Waals surface area contributed by atoms with E-state index in [9.17, 15) is 63.0 Å². The molecule has 37 heteroatoms. The van der Waals surface area contributed by atoms with Crippen molar-refractivity contribution in [2.45, 2.75) is 135 Å². The maximum atomic E-state index is 14.6. The van der Waals surface area contributed by atoms with Crippen LogP contribution >= 0.6 is 33.2 Å². The summed E-state index contributed by atoms with van der Waals surface area (Å²) in [5.41, 5.74) is 17.5. The molecule has 9 aromatic rings. The molecule has 1 unspecified atom stereocenters. The van der Waals surface area contributed by atoms with Crippen LogP contribution < -0.4 is 52.9 Å². The van der Waals surface area contributed by atoms with Crippen molar-refractivity contribution in [2.75, 3.05) is 53.0 Å². The average molecular weight is 1680 g/mol. The van der Waals surface area contributed by atoms with Crippen LogP contribution in [-0.2, 0) is 72.1 Å². The summed E-state index contributed by atoms with van der Waals surface area (Å²) in [6, 6.07) is 28.5. The third-order valence-electron chi connectivity index (χ3n) is 19.8. The lowest BCUT2D eigenvalue weighted by molar-refractivity contribution is -0.193. The van der Waals surface area contributed by atoms with Crippen LogP contribution in [0.2, 0.25) is 18.1 Å². The number of carboxylic acid groups (broad SMARTS) is 2. The molecule has 0 spiro atoms. The Bertz CT molecular complexity index is 5340. The van der Waals surface area contributed by atoms with E-state index in [1.165, 1.54) is 23.9 Å². The number of aliphatic carboxylic acids is 2. The molecule has 33 nitrogen and oxygen atoms in total. The lowest BCUT2D eigenvalue weighted by Gasteiger charge is -2.37. The molecule has 0 saturated carbocycles. The van der Waals surface area contributed by atoms with E-state index in [0.717, 1.165) is 60.4 Å². The number of anilines is 3. The molecule has 0 bridgehead atoms. The van der Waals surface area contributed by atoms with E-state index in [-0.39, 0.29) is 134 Å². The summed E-state index contributed by atoms with van der Waals surface area (Å²) in [4.78, 5) is 201. The van der Waals surface area contributed by atoms with E-state index in [1.807, 2.05) is 48.5 Å². The fourth-order valence-corrected chi connectivity index (χ4v) is 16.4. The number of guanidine groups is 1. The minimum atomic E-state index is -2.28. The Morgan fingerprint density at radius 2 is 1.39 bits per heavy atom. The molecule has 5 aromatic carbocycles. The highest BCUT2D eigenvalue weighted by Crippen LogP contribution is 2.48. The highest BCUT2D eigenvalue weighted by molar-refractivity contribution is 8.76. The number of carbonyl (C=O) groups is 10. The number of hydrogen-bond donors (Lipinski definition) is 13. The Labute approximate surface area is 683 Å².